The Morgan fingerprint density at radius 1 is 1.09 bits per heavy atom. The molecule has 126 valence electrons. The maximum atomic E-state index is 12.3. The molecule has 1 aromatic carbocycles. The Balaban J connectivity index is 1.87. The van der Waals surface area contributed by atoms with Gasteiger partial charge < -0.3 is 9.80 Å². The summed E-state index contributed by atoms with van der Waals surface area (Å²) in [4.78, 5) is 27.9. The van der Waals surface area contributed by atoms with E-state index in [0.29, 0.717) is 24.5 Å². The van der Waals surface area contributed by atoms with Crippen LogP contribution in [-0.2, 0) is 16.1 Å². The van der Waals surface area contributed by atoms with Crippen molar-refractivity contribution in [3.05, 3.63) is 34.9 Å². The molecule has 0 aliphatic carbocycles. The molecule has 23 heavy (non-hydrogen) atoms. The number of halogens is 1. The molecule has 0 aromatic heterocycles. The third kappa shape index (κ3) is 5.87. The Morgan fingerprint density at radius 3 is 2.26 bits per heavy atom. The average Bonchev–Trinajstić information content (AvgIpc) is 2.82. The van der Waals surface area contributed by atoms with E-state index in [4.69, 9.17) is 11.6 Å². The summed E-state index contributed by atoms with van der Waals surface area (Å²) in [6.45, 7) is 4.24. The summed E-state index contributed by atoms with van der Waals surface area (Å²) in [6, 6.07) is 7.46. The van der Waals surface area contributed by atoms with Crippen molar-refractivity contribution >= 4 is 23.4 Å². The number of benzene rings is 1. The van der Waals surface area contributed by atoms with E-state index in [1.165, 1.54) is 12.8 Å². The lowest BCUT2D eigenvalue weighted by Gasteiger charge is -2.24. The quantitative estimate of drug-likeness (QED) is 0.826. The molecule has 0 saturated carbocycles. The van der Waals surface area contributed by atoms with Gasteiger partial charge in [0.25, 0.3) is 0 Å². The maximum absolute atomic E-state index is 12.3. The van der Waals surface area contributed by atoms with Gasteiger partial charge in [-0.25, -0.2) is 0 Å². The second-order valence-electron chi connectivity index (χ2n) is 6.11. The number of rotatable bonds is 5. The van der Waals surface area contributed by atoms with Gasteiger partial charge >= 0.3 is 0 Å². The first-order chi connectivity index (χ1) is 11.1. The molecule has 0 atom stereocenters. The Hall–Kier alpha value is -1.55. The molecular formula is C18H25ClN2O2. The van der Waals surface area contributed by atoms with Crippen LogP contribution in [0.25, 0.3) is 0 Å². The summed E-state index contributed by atoms with van der Waals surface area (Å²) in [5, 5.41) is 0.680. The molecule has 1 aromatic rings. The van der Waals surface area contributed by atoms with Crippen LogP contribution in [0.15, 0.2) is 24.3 Å². The van der Waals surface area contributed by atoms with Gasteiger partial charge in [-0.2, -0.15) is 0 Å². The Kier molecular flexibility index (Phi) is 6.90. The molecule has 4 nitrogen and oxygen atoms in total. The van der Waals surface area contributed by atoms with Crippen LogP contribution < -0.4 is 0 Å². The number of carbonyl (C=O) groups excluding carboxylic acids is 2. The van der Waals surface area contributed by atoms with E-state index in [2.05, 4.69) is 0 Å². The summed E-state index contributed by atoms with van der Waals surface area (Å²) in [6.07, 6.45) is 4.99. The van der Waals surface area contributed by atoms with Gasteiger partial charge in [0.1, 0.15) is 0 Å². The highest BCUT2D eigenvalue weighted by Gasteiger charge is 2.17. The van der Waals surface area contributed by atoms with Gasteiger partial charge in [-0.3, -0.25) is 9.59 Å². The van der Waals surface area contributed by atoms with Gasteiger partial charge in [0.15, 0.2) is 0 Å². The monoisotopic (exact) mass is 336 g/mol. The summed E-state index contributed by atoms with van der Waals surface area (Å²) >= 11 is 5.88. The number of hydrogen-bond acceptors (Lipinski definition) is 2. The first-order valence-electron chi connectivity index (χ1n) is 8.34. The van der Waals surface area contributed by atoms with E-state index in [-0.39, 0.29) is 11.8 Å². The van der Waals surface area contributed by atoms with E-state index in [9.17, 15) is 9.59 Å². The van der Waals surface area contributed by atoms with Crippen molar-refractivity contribution in [2.75, 3.05) is 19.6 Å². The van der Waals surface area contributed by atoms with Crippen LogP contribution >= 0.6 is 11.6 Å². The molecule has 0 spiro atoms. The molecule has 1 saturated heterocycles. The predicted octanol–water partition coefficient (Wildman–Crippen LogP) is 3.48. The van der Waals surface area contributed by atoms with E-state index in [1.807, 2.05) is 29.2 Å². The molecule has 1 aliphatic heterocycles. The zero-order valence-electron chi connectivity index (χ0n) is 13.8. The van der Waals surface area contributed by atoms with Gasteiger partial charge in [-0.05, 0) is 30.5 Å². The minimum atomic E-state index is -0.0105. The van der Waals surface area contributed by atoms with Crippen LogP contribution in [0.1, 0.15) is 44.6 Å². The topological polar surface area (TPSA) is 40.6 Å². The normalized spacial score (nSPS) is 15.1. The van der Waals surface area contributed by atoms with Crippen LogP contribution in [0.5, 0.6) is 0 Å². The van der Waals surface area contributed by atoms with Gasteiger partial charge in [-0.15, -0.1) is 0 Å². The molecule has 0 unspecified atom stereocenters. The second kappa shape index (κ2) is 8.92. The first kappa shape index (κ1) is 17.8. The summed E-state index contributed by atoms with van der Waals surface area (Å²) < 4.78 is 0. The van der Waals surface area contributed by atoms with Crippen molar-refractivity contribution in [3.8, 4) is 0 Å². The number of amides is 2. The van der Waals surface area contributed by atoms with Crippen molar-refractivity contribution in [1.82, 2.24) is 9.80 Å². The minimum Gasteiger partial charge on any atom is -0.343 e. The zero-order valence-corrected chi connectivity index (χ0v) is 14.5. The van der Waals surface area contributed by atoms with Crippen LogP contribution in [0, 0.1) is 0 Å². The fraction of sp³-hybridized carbons (Fsp3) is 0.556. The predicted molar refractivity (Wildman–Crippen MR) is 92.2 cm³/mol. The molecule has 1 aliphatic rings. The first-order valence-corrected chi connectivity index (χ1v) is 8.72. The molecule has 0 radical (unpaired) electrons. The van der Waals surface area contributed by atoms with Crippen molar-refractivity contribution < 1.29 is 9.59 Å². The van der Waals surface area contributed by atoms with Crippen LogP contribution in [-0.4, -0.2) is 41.2 Å². The van der Waals surface area contributed by atoms with Crippen molar-refractivity contribution in [3.63, 3.8) is 0 Å². The number of carbonyl (C=O) groups is 2. The Labute approximate surface area is 143 Å². The minimum absolute atomic E-state index is 0.0105. The highest BCUT2D eigenvalue weighted by Crippen LogP contribution is 2.13. The lowest BCUT2D eigenvalue weighted by atomic mass is 10.2. The van der Waals surface area contributed by atoms with Crippen LogP contribution in [0.4, 0.5) is 0 Å². The standard InChI is InChI=1S/C18H25ClN2O2/c1-15(22)21(14-16-6-8-17(19)9-7-16)13-10-18(23)20-11-4-2-3-5-12-20/h6-9H,2-5,10-14H2,1H3. The van der Waals surface area contributed by atoms with Crippen LogP contribution in [0.3, 0.4) is 0 Å². The summed E-state index contributed by atoms with van der Waals surface area (Å²) in [5.74, 6) is 0.151. The van der Waals surface area contributed by atoms with Gasteiger partial charge in [-0.1, -0.05) is 36.6 Å². The van der Waals surface area contributed by atoms with Crippen molar-refractivity contribution in [1.29, 1.82) is 0 Å². The lowest BCUT2D eigenvalue weighted by molar-refractivity contribution is -0.133. The third-order valence-corrected chi connectivity index (χ3v) is 4.54. The number of nitrogens with zero attached hydrogens (tertiary/aromatic N) is 2. The molecule has 1 heterocycles. The number of likely N-dealkylation sites (tertiary alicyclic amines) is 1. The maximum Gasteiger partial charge on any atom is 0.224 e. The fourth-order valence-corrected chi connectivity index (χ4v) is 2.99. The molecular weight excluding hydrogens is 312 g/mol. The smallest absolute Gasteiger partial charge is 0.224 e. The Morgan fingerprint density at radius 2 is 1.70 bits per heavy atom. The van der Waals surface area contributed by atoms with Gasteiger partial charge in [0.05, 0.1) is 0 Å². The zero-order chi connectivity index (χ0) is 16.7. The molecule has 2 rings (SSSR count). The summed E-state index contributed by atoms with van der Waals surface area (Å²) in [5.41, 5.74) is 1.02. The van der Waals surface area contributed by atoms with Gasteiger partial charge in [0, 0.05) is 44.5 Å². The second-order valence-corrected chi connectivity index (χ2v) is 6.55. The lowest BCUT2D eigenvalue weighted by Crippen LogP contribution is -2.36. The SMILES string of the molecule is CC(=O)N(CCC(=O)N1CCCCCC1)Cc1ccc(Cl)cc1. The molecule has 5 heteroatoms. The van der Waals surface area contributed by atoms with E-state index >= 15 is 0 Å². The van der Waals surface area contributed by atoms with E-state index in [1.54, 1.807) is 11.8 Å². The van der Waals surface area contributed by atoms with Crippen LogP contribution in [0.2, 0.25) is 5.02 Å². The number of hydrogen-bond donors (Lipinski definition) is 0. The molecule has 1 fully saturated rings. The van der Waals surface area contributed by atoms with E-state index in [0.717, 1.165) is 31.5 Å². The highest BCUT2D eigenvalue weighted by atomic mass is 35.5. The molecule has 0 N–H and O–H groups in total. The summed E-state index contributed by atoms with van der Waals surface area (Å²) in [7, 11) is 0. The largest absolute Gasteiger partial charge is 0.343 e. The molecule has 2 amide bonds. The fourth-order valence-electron chi connectivity index (χ4n) is 2.87. The molecule has 0 bridgehead atoms. The van der Waals surface area contributed by atoms with Gasteiger partial charge in [0.2, 0.25) is 11.8 Å². The van der Waals surface area contributed by atoms with E-state index < -0.39 is 0 Å². The van der Waals surface area contributed by atoms with Crippen molar-refractivity contribution in [2.24, 2.45) is 0 Å². The third-order valence-electron chi connectivity index (χ3n) is 4.29. The highest BCUT2D eigenvalue weighted by molar-refractivity contribution is 6.30. The average molecular weight is 337 g/mol. The Bertz CT molecular complexity index is 522. The van der Waals surface area contributed by atoms with Crippen molar-refractivity contribution in [2.45, 2.75) is 45.6 Å².